The molecule has 1 amide bonds. The van der Waals surface area contributed by atoms with Crippen LogP contribution in [0.3, 0.4) is 0 Å². The summed E-state index contributed by atoms with van der Waals surface area (Å²) in [4.78, 5) is 17.5. The highest BCUT2D eigenvalue weighted by Crippen LogP contribution is 2.19. The minimum atomic E-state index is -0.289. The summed E-state index contributed by atoms with van der Waals surface area (Å²) in [5.74, 6) is -0.348. The van der Waals surface area contributed by atoms with E-state index in [9.17, 15) is 9.18 Å². The molecule has 0 saturated carbocycles. The number of aromatic nitrogens is 3. The van der Waals surface area contributed by atoms with E-state index in [4.69, 9.17) is 0 Å². The minimum Gasteiger partial charge on any atom is -0.351 e. The summed E-state index contributed by atoms with van der Waals surface area (Å²) in [6.45, 7) is 6.21. The Morgan fingerprint density at radius 3 is 2.60 bits per heavy atom. The average molecular weight is 358 g/mol. The highest BCUT2D eigenvalue weighted by Gasteiger charge is 2.16. The van der Waals surface area contributed by atoms with Crippen molar-refractivity contribution in [3.05, 3.63) is 63.1 Å². The smallest absolute Gasteiger partial charge is 0.224 e. The zero-order chi connectivity index (χ0) is 18.0. The first-order valence-corrected chi connectivity index (χ1v) is 8.74. The molecule has 0 aliphatic carbocycles. The zero-order valence-corrected chi connectivity index (χ0v) is 15.2. The molecular formula is C18H19FN4OS. The largest absolute Gasteiger partial charge is 0.351 e. The van der Waals surface area contributed by atoms with Gasteiger partial charge in [-0.2, -0.15) is 5.10 Å². The van der Waals surface area contributed by atoms with Gasteiger partial charge >= 0.3 is 0 Å². The molecule has 0 atom stereocenters. The Morgan fingerprint density at radius 2 is 1.96 bits per heavy atom. The summed E-state index contributed by atoms with van der Waals surface area (Å²) in [5, 5.41) is 8.39. The number of nitrogens with one attached hydrogen (secondary N) is 1. The van der Waals surface area contributed by atoms with E-state index in [0.29, 0.717) is 6.54 Å². The first-order chi connectivity index (χ1) is 11.9. The van der Waals surface area contributed by atoms with Gasteiger partial charge in [0.25, 0.3) is 0 Å². The van der Waals surface area contributed by atoms with E-state index in [1.54, 1.807) is 34.3 Å². The molecular weight excluding hydrogens is 339 g/mol. The van der Waals surface area contributed by atoms with Crippen molar-refractivity contribution in [2.24, 2.45) is 0 Å². The van der Waals surface area contributed by atoms with Gasteiger partial charge in [-0.3, -0.25) is 4.79 Å². The van der Waals surface area contributed by atoms with Crippen LogP contribution in [0, 0.1) is 26.6 Å². The van der Waals surface area contributed by atoms with Gasteiger partial charge in [-0.1, -0.05) is 0 Å². The monoisotopic (exact) mass is 358 g/mol. The topological polar surface area (TPSA) is 59.8 Å². The second-order valence-corrected chi connectivity index (χ2v) is 7.16. The number of rotatable bonds is 5. The summed E-state index contributed by atoms with van der Waals surface area (Å²) in [6, 6.07) is 6.14. The Labute approximate surface area is 149 Å². The minimum absolute atomic E-state index is 0.0593. The van der Waals surface area contributed by atoms with E-state index in [1.165, 1.54) is 12.1 Å². The number of carbonyl (C=O) groups is 1. The molecule has 0 bridgehead atoms. The van der Waals surface area contributed by atoms with Crippen LogP contribution in [-0.2, 0) is 17.8 Å². The molecule has 3 aromatic rings. The number of halogens is 1. The van der Waals surface area contributed by atoms with Gasteiger partial charge in [-0.25, -0.2) is 14.1 Å². The number of thiazole rings is 1. The van der Waals surface area contributed by atoms with Crippen molar-refractivity contribution >= 4 is 17.2 Å². The third kappa shape index (κ3) is 3.93. The number of hydrogen-bond acceptors (Lipinski definition) is 4. The Hall–Kier alpha value is -2.54. The van der Waals surface area contributed by atoms with Gasteiger partial charge in [0.05, 0.1) is 29.4 Å². The van der Waals surface area contributed by atoms with Crippen molar-refractivity contribution in [1.29, 1.82) is 0 Å². The molecule has 2 heterocycles. The predicted molar refractivity (Wildman–Crippen MR) is 95.4 cm³/mol. The van der Waals surface area contributed by atoms with Crippen molar-refractivity contribution < 1.29 is 9.18 Å². The van der Waals surface area contributed by atoms with E-state index in [-0.39, 0.29) is 18.1 Å². The van der Waals surface area contributed by atoms with Crippen molar-refractivity contribution in [3.8, 4) is 5.69 Å². The van der Waals surface area contributed by atoms with Crippen LogP contribution in [0.15, 0.2) is 30.5 Å². The number of nitrogens with zero attached hydrogens (tertiary/aromatic N) is 3. The van der Waals surface area contributed by atoms with Crippen LogP contribution in [0.5, 0.6) is 0 Å². The zero-order valence-electron chi connectivity index (χ0n) is 14.3. The molecule has 0 saturated heterocycles. The molecule has 3 rings (SSSR count). The molecule has 7 heteroatoms. The Bertz CT molecular complexity index is 898. The van der Waals surface area contributed by atoms with Crippen LogP contribution >= 0.6 is 11.3 Å². The Balaban J connectivity index is 1.72. The fourth-order valence-electron chi connectivity index (χ4n) is 2.66. The maximum Gasteiger partial charge on any atom is 0.224 e. The van der Waals surface area contributed by atoms with Gasteiger partial charge in [0.15, 0.2) is 0 Å². The van der Waals surface area contributed by atoms with Crippen LogP contribution in [0.25, 0.3) is 5.69 Å². The summed E-state index contributed by atoms with van der Waals surface area (Å²) in [7, 11) is 0. The predicted octanol–water partition coefficient (Wildman–Crippen LogP) is 3.25. The molecule has 1 aromatic carbocycles. The number of amides is 1. The molecule has 0 spiro atoms. The quantitative estimate of drug-likeness (QED) is 0.762. The molecule has 0 aliphatic heterocycles. The number of benzene rings is 1. The molecule has 5 nitrogen and oxygen atoms in total. The van der Waals surface area contributed by atoms with Gasteiger partial charge in [0.1, 0.15) is 5.82 Å². The lowest BCUT2D eigenvalue weighted by atomic mass is 10.1. The average Bonchev–Trinajstić information content (AvgIpc) is 3.12. The van der Waals surface area contributed by atoms with E-state index < -0.39 is 0 Å². The fraction of sp³-hybridized carbons (Fsp3) is 0.278. The highest BCUT2D eigenvalue weighted by atomic mass is 32.1. The van der Waals surface area contributed by atoms with Crippen LogP contribution < -0.4 is 5.32 Å². The third-order valence-electron chi connectivity index (χ3n) is 3.98. The van der Waals surface area contributed by atoms with E-state index >= 15 is 0 Å². The standard InChI is InChI=1S/C18H19FN4OS/c1-11-17(8-18(24)21-10-16-9-20-13(3)25-16)12(2)23(22-11)15-6-4-14(19)5-7-15/h4-7,9H,8,10H2,1-3H3,(H,21,24). The lowest BCUT2D eigenvalue weighted by Crippen LogP contribution is -2.24. The number of aryl methyl sites for hydroxylation is 2. The summed E-state index contributed by atoms with van der Waals surface area (Å²) in [5.41, 5.74) is 3.34. The van der Waals surface area contributed by atoms with Gasteiger partial charge < -0.3 is 5.32 Å². The van der Waals surface area contributed by atoms with Gasteiger partial charge in [-0.05, 0) is 45.0 Å². The van der Waals surface area contributed by atoms with Gasteiger partial charge in [0.2, 0.25) is 5.91 Å². The Kier molecular flexibility index (Phi) is 4.94. The van der Waals surface area contributed by atoms with Crippen molar-refractivity contribution in [2.75, 3.05) is 0 Å². The van der Waals surface area contributed by atoms with Crippen molar-refractivity contribution in [1.82, 2.24) is 20.1 Å². The molecule has 130 valence electrons. The fourth-order valence-corrected chi connectivity index (χ4v) is 3.39. The van der Waals surface area contributed by atoms with Crippen molar-refractivity contribution in [2.45, 2.75) is 33.7 Å². The van der Waals surface area contributed by atoms with Gasteiger partial charge in [-0.15, -0.1) is 11.3 Å². The van der Waals surface area contributed by atoms with E-state index in [2.05, 4.69) is 15.4 Å². The van der Waals surface area contributed by atoms with Crippen LogP contribution in [0.4, 0.5) is 4.39 Å². The maximum atomic E-state index is 13.1. The molecule has 0 fully saturated rings. The molecule has 2 aromatic heterocycles. The maximum absolute atomic E-state index is 13.1. The van der Waals surface area contributed by atoms with Gasteiger partial charge in [0, 0.05) is 22.3 Å². The van der Waals surface area contributed by atoms with Crippen LogP contribution in [0.2, 0.25) is 0 Å². The SMILES string of the molecule is Cc1ncc(CNC(=O)Cc2c(C)nn(-c3ccc(F)cc3)c2C)s1. The first kappa shape index (κ1) is 17.3. The van der Waals surface area contributed by atoms with Crippen molar-refractivity contribution in [3.63, 3.8) is 0 Å². The molecule has 0 unspecified atom stereocenters. The molecule has 1 N–H and O–H groups in total. The number of hydrogen-bond donors (Lipinski definition) is 1. The summed E-state index contributed by atoms with van der Waals surface area (Å²) in [6.07, 6.45) is 2.04. The molecule has 0 aliphatic rings. The second-order valence-electron chi connectivity index (χ2n) is 5.84. The first-order valence-electron chi connectivity index (χ1n) is 7.93. The summed E-state index contributed by atoms with van der Waals surface area (Å²) >= 11 is 1.57. The van der Waals surface area contributed by atoms with Crippen LogP contribution in [0.1, 0.15) is 26.8 Å². The molecule has 25 heavy (non-hydrogen) atoms. The third-order valence-corrected chi connectivity index (χ3v) is 4.89. The molecule has 0 radical (unpaired) electrons. The Morgan fingerprint density at radius 1 is 1.24 bits per heavy atom. The number of carbonyl (C=O) groups excluding carboxylic acids is 1. The summed E-state index contributed by atoms with van der Waals surface area (Å²) < 4.78 is 14.8. The normalized spacial score (nSPS) is 10.9. The lowest BCUT2D eigenvalue weighted by Gasteiger charge is -2.06. The second kappa shape index (κ2) is 7.14. The van der Waals surface area contributed by atoms with Crippen LogP contribution in [-0.4, -0.2) is 20.7 Å². The lowest BCUT2D eigenvalue weighted by molar-refractivity contribution is -0.120. The van der Waals surface area contributed by atoms with E-state index in [0.717, 1.165) is 32.5 Å². The highest BCUT2D eigenvalue weighted by molar-refractivity contribution is 7.11. The van der Waals surface area contributed by atoms with E-state index in [1.807, 2.05) is 20.8 Å².